The SMILES string of the molecule is Cc1cccc(NC(=O)CSCC(=O)Nc2nc(-c3cccc(F)c3)cs2)c1. The summed E-state index contributed by atoms with van der Waals surface area (Å²) in [5.41, 5.74) is 3.05. The van der Waals surface area contributed by atoms with Gasteiger partial charge in [0.25, 0.3) is 0 Å². The molecular formula is C20H18FN3O2S2. The molecule has 8 heteroatoms. The summed E-state index contributed by atoms with van der Waals surface area (Å²) in [5, 5.41) is 7.70. The van der Waals surface area contributed by atoms with Crippen LogP contribution in [0.5, 0.6) is 0 Å². The molecule has 1 heterocycles. The molecule has 28 heavy (non-hydrogen) atoms. The lowest BCUT2D eigenvalue weighted by molar-refractivity contribution is -0.114. The average molecular weight is 416 g/mol. The van der Waals surface area contributed by atoms with Crippen LogP contribution in [-0.4, -0.2) is 28.3 Å². The normalized spacial score (nSPS) is 10.5. The molecule has 1 aromatic heterocycles. The van der Waals surface area contributed by atoms with Crippen LogP contribution in [0.3, 0.4) is 0 Å². The van der Waals surface area contributed by atoms with Crippen molar-refractivity contribution in [3.8, 4) is 11.3 Å². The van der Waals surface area contributed by atoms with Crippen LogP contribution in [0.25, 0.3) is 11.3 Å². The number of aryl methyl sites for hydroxylation is 1. The first-order chi connectivity index (χ1) is 13.5. The van der Waals surface area contributed by atoms with Gasteiger partial charge in [-0.3, -0.25) is 9.59 Å². The molecule has 0 spiro atoms. The summed E-state index contributed by atoms with van der Waals surface area (Å²) in [6, 6.07) is 13.7. The van der Waals surface area contributed by atoms with Crippen LogP contribution >= 0.6 is 23.1 Å². The molecule has 0 saturated heterocycles. The number of anilines is 2. The fourth-order valence-electron chi connectivity index (χ4n) is 2.42. The topological polar surface area (TPSA) is 71.1 Å². The molecule has 2 amide bonds. The van der Waals surface area contributed by atoms with E-state index in [1.807, 2.05) is 31.2 Å². The number of hydrogen-bond donors (Lipinski definition) is 2. The quantitative estimate of drug-likeness (QED) is 0.593. The van der Waals surface area contributed by atoms with Gasteiger partial charge in [-0.2, -0.15) is 0 Å². The molecule has 0 aliphatic carbocycles. The fraction of sp³-hybridized carbons (Fsp3) is 0.150. The minimum Gasteiger partial charge on any atom is -0.325 e. The minimum absolute atomic E-state index is 0.135. The first kappa shape index (κ1) is 20.0. The molecule has 2 N–H and O–H groups in total. The number of halogens is 1. The van der Waals surface area contributed by atoms with Gasteiger partial charge in [0.15, 0.2) is 5.13 Å². The summed E-state index contributed by atoms with van der Waals surface area (Å²) in [6.45, 7) is 1.95. The smallest absolute Gasteiger partial charge is 0.236 e. The van der Waals surface area contributed by atoms with Gasteiger partial charge in [0.05, 0.1) is 17.2 Å². The van der Waals surface area contributed by atoms with Crippen LogP contribution in [0.1, 0.15) is 5.56 Å². The van der Waals surface area contributed by atoms with Crippen molar-refractivity contribution in [3.05, 3.63) is 65.3 Å². The zero-order chi connectivity index (χ0) is 19.9. The first-order valence-electron chi connectivity index (χ1n) is 8.45. The monoisotopic (exact) mass is 415 g/mol. The summed E-state index contributed by atoms with van der Waals surface area (Å²) in [4.78, 5) is 28.3. The molecule has 2 aromatic carbocycles. The number of thioether (sulfide) groups is 1. The van der Waals surface area contributed by atoms with E-state index < -0.39 is 0 Å². The van der Waals surface area contributed by atoms with Crippen molar-refractivity contribution in [3.63, 3.8) is 0 Å². The molecular weight excluding hydrogens is 397 g/mol. The van der Waals surface area contributed by atoms with E-state index in [4.69, 9.17) is 0 Å². The molecule has 3 aromatic rings. The van der Waals surface area contributed by atoms with E-state index in [2.05, 4.69) is 15.6 Å². The predicted octanol–water partition coefficient (Wildman–Crippen LogP) is 4.57. The Morgan fingerprint density at radius 2 is 1.82 bits per heavy atom. The van der Waals surface area contributed by atoms with E-state index in [9.17, 15) is 14.0 Å². The Hall–Kier alpha value is -2.71. The van der Waals surface area contributed by atoms with Crippen LogP contribution < -0.4 is 10.6 Å². The number of benzene rings is 2. The van der Waals surface area contributed by atoms with Crippen molar-refractivity contribution >= 4 is 45.7 Å². The number of amides is 2. The second-order valence-corrected chi connectivity index (χ2v) is 7.85. The van der Waals surface area contributed by atoms with E-state index in [0.29, 0.717) is 16.4 Å². The lowest BCUT2D eigenvalue weighted by atomic mass is 10.2. The van der Waals surface area contributed by atoms with Crippen molar-refractivity contribution in [1.82, 2.24) is 4.98 Å². The molecule has 0 unspecified atom stereocenters. The first-order valence-corrected chi connectivity index (χ1v) is 10.5. The summed E-state index contributed by atoms with van der Waals surface area (Å²) in [5.74, 6) is -0.430. The number of nitrogens with zero attached hydrogens (tertiary/aromatic N) is 1. The van der Waals surface area contributed by atoms with Crippen LogP contribution in [0, 0.1) is 12.7 Å². The maximum absolute atomic E-state index is 13.3. The van der Waals surface area contributed by atoms with Crippen molar-refractivity contribution in [1.29, 1.82) is 0 Å². The lowest BCUT2D eigenvalue weighted by Gasteiger charge is -2.06. The molecule has 0 aliphatic rings. The number of aromatic nitrogens is 1. The Morgan fingerprint density at radius 3 is 2.57 bits per heavy atom. The van der Waals surface area contributed by atoms with E-state index in [1.54, 1.807) is 17.5 Å². The molecule has 0 radical (unpaired) electrons. The lowest BCUT2D eigenvalue weighted by Crippen LogP contribution is -2.18. The number of carbonyl (C=O) groups excluding carboxylic acids is 2. The molecule has 0 bridgehead atoms. The Kier molecular flexibility index (Phi) is 6.78. The minimum atomic E-state index is -0.337. The van der Waals surface area contributed by atoms with Gasteiger partial charge in [-0.25, -0.2) is 9.37 Å². The number of rotatable bonds is 7. The third kappa shape index (κ3) is 5.90. The van der Waals surface area contributed by atoms with Crippen molar-refractivity contribution in [2.45, 2.75) is 6.92 Å². The van der Waals surface area contributed by atoms with E-state index in [-0.39, 0.29) is 29.1 Å². The molecule has 3 rings (SSSR count). The highest BCUT2D eigenvalue weighted by Crippen LogP contribution is 2.25. The standard InChI is InChI=1S/C20H18FN3O2S2/c1-13-4-2-7-16(8-13)22-18(25)11-27-12-19(26)24-20-23-17(10-28-20)14-5-3-6-15(21)9-14/h2-10H,11-12H2,1H3,(H,22,25)(H,23,24,26). The summed E-state index contributed by atoms with van der Waals surface area (Å²) in [7, 11) is 0. The zero-order valence-electron chi connectivity index (χ0n) is 15.1. The number of nitrogens with one attached hydrogen (secondary N) is 2. The maximum atomic E-state index is 13.3. The summed E-state index contributed by atoms with van der Waals surface area (Å²) >= 11 is 2.49. The highest BCUT2D eigenvalue weighted by molar-refractivity contribution is 8.00. The van der Waals surface area contributed by atoms with Crippen LogP contribution in [-0.2, 0) is 9.59 Å². The van der Waals surface area contributed by atoms with Crippen LogP contribution in [0.4, 0.5) is 15.2 Å². The molecule has 144 valence electrons. The van der Waals surface area contributed by atoms with Gasteiger partial charge >= 0.3 is 0 Å². The van der Waals surface area contributed by atoms with Gasteiger partial charge in [-0.05, 0) is 36.8 Å². The molecule has 0 fully saturated rings. The Morgan fingerprint density at radius 1 is 1.07 bits per heavy atom. The molecule has 0 saturated carbocycles. The average Bonchev–Trinajstić information content (AvgIpc) is 3.10. The van der Waals surface area contributed by atoms with Crippen LogP contribution in [0.2, 0.25) is 0 Å². The van der Waals surface area contributed by atoms with Crippen molar-refractivity contribution in [2.75, 3.05) is 22.1 Å². The van der Waals surface area contributed by atoms with Gasteiger partial charge in [-0.1, -0.05) is 24.3 Å². The van der Waals surface area contributed by atoms with Crippen molar-refractivity contribution < 1.29 is 14.0 Å². The van der Waals surface area contributed by atoms with E-state index in [0.717, 1.165) is 11.3 Å². The Labute approximate surface area is 170 Å². The summed E-state index contributed by atoms with van der Waals surface area (Å²) in [6.07, 6.45) is 0. The Bertz CT molecular complexity index is 991. The molecule has 0 atom stereocenters. The maximum Gasteiger partial charge on any atom is 0.236 e. The summed E-state index contributed by atoms with van der Waals surface area (Å²) < 4.78 is 13.3. The molecule has 5 nitrogen and oxygen atoms in total. The highest BCUT2D eigenvalue weighted by Gasteiger charge is 2.10. The number of carbonyl (C=O) groups is 2. The second-order valence-electron chi connectivity index (χ2n) is 6.01. The van der Waals surface area contributed by atoms with Crippen LogP contribution in [0.15, 0.2) is 53.9 Å². The molecule has 0 aliphatic heterocycles. The fourth-order valence-corrected chi connectivity index (χ4v) is 3.78. The highest BCUT2D eigenvalue weighted by atomic mass is 32.2. The van der Waals surface area contributed by atoms with Crippen molar-refractivity contribution in [2.24, 2.45) is 0 Å². The van der Waals surface area contributed by atoms with E-state index >= 15 is 0 Å². The number of thiazole rings is 1. The predicted molar refractivity (Wildman–Crippen MR) is 113 cm³/mol. The van der Waals surface area contributed by atoms with Gasteiger partial charge in [0, 0.05) is 16.6 Å². The third-order valence-electron chi connectivity index (χ3n) is 3.64. The van der Waals surface area contributed by atoms with E-state index in [1.165, 1.54) is 35.2 Å². The largest absolute Gasteiger partial charge is 0.325 e. The Balaban J connectivity index is 1.44. The third-order valence-corrected chi connectivity index (χ3v) is 5.33. The van der Waals surface area contributed by atoms with Gasteiger partial charge in [0.1, 0.15) is 5.82 Å². The van der Waals surface area contributed by atoms with Gasteiger partial charge in [0.2, 0.25) is 11.8 Å². The second kappa shape index (κ2) is 9.48. The zero-order valence-corrected chi connectivity index (χ0v) is 16.7. The van der Waals surface area contributed by atoms with Gasteiger partial charge in [-0.15, -0.1) is 23.1 Å². The van der Waals surface area contributed by atoms with Gasteiger partial charge < -0.3 is 10.6 Å². The number of hydrogen-bond acceptors (Lipinski definition) is 5.